The maximum absolute atomic E-state index is 9.84. The van der Waals surface area contributed by atoms with Crippen LogP contribution in [0.5, 0.6) is 0 Å². The molecule has 4 rings (SSSR count). The van der Waals surface area contributed by atoms with E-state index in [-0.39, 0.29) is 6.04 Å². The molecule has 5 nitrogen and oxygen atoms in total. The van der Waals surface area contributed by atoms with Crippen molar-refractivity contribution in [1.82, 2.24) is 15.2 Å². The summed E-state index contributed by atoms with van der Waals surface area (Å²) in [6, 6.07) is 6.40. The first-order valence-corrected chi connectivity index (χ1v) is 12.0. The summed E-state index contributed by atoms with van der Waals surface area (Å²) >= 11 is 1.65. The van der Waals surface area contributed by atoms with E-state index in [0.29, 0.717) is 0 Å². The minimum Gasteiger partial charge on any atom is -0.389 e. The minimum absolute atomic E-state index is 0.0258. The molecule has 0 amide bonds. The third kappa shape index (κ3) is 4.92. The van der Waals surface area contributed by atoms with E-state index in [1.807, 2.05) is 24.6 Å². The summed E-state index contributed by atoms with van der Waals surface area (Å²) in [4.78, 5) is 11.7. The van der Waals surface area contributed by atoms with Crippen molar-refractivity contribution in [2.45, 2.75) is 52.2 Å². The van der Waals surface area contributed by atoms with E-state index >= 15 is 0 Å². The Labute approximate surface area is 193 Å². The summed E-state index contributed by atoms with van der Waals surface area (Å²) in [7, 11) is 0. The molecule has 2 aromatic rings. The van der Waals surface area contributed by atoms with Gasteiger partial charge in [0.2, 0.25) is 0 Å². The second-order valence-corrected chi connectivity index (χ2v) is 8.88. The van der Waals surface area contributed by atoms with Crippen LogP contribution in [0.25, 0.3) is 15.9 Å². The van der Waals surface area contributed by atoms with Gasteiger partial charge in [-0.2, -0.15) is 0 Å². The van der Waals surface area contributed by atoms with Crippen molar-refractivity contribution < 1.29 is 5.11 Å². The van der Waals surface area contributed by atoms with Crippen LogP contribution in [0.1, 0.15) is 45.6 Å². The molecule has 6 heteroatoms. The van der Waals surface area contributed by atoms with Crippen LogP contribution in [0.2, 0.25) is 0 Å². The van der Waals surface area contributed by atoms with E-state index in [9.17, 15) is 5.11 Å². The number of amidine groups is 1. The van der Waals surface area contributed by atoms with Crippen LogP contribution in [0, 0.1) is 0 Å². The number of unbranched alkanes of at least 4 members (excludes halogenated alkanes) is 1. The highest BCUT2D eigenvalue weighted by atomic mass is 32.1. The van der Waals surface area contributed by atoms with Gasteiger partial charge in [-0.25, -0.2) is 4.98 Å². The molecule has 2 atom stereocenters. The van der Waals surface area contributed by atoms with Crippen LogP contribution in [0.15, 0.2) is 82.8 Å². The molecule has 0 bridgehead atoms. The largest absolute Gasteiger partial charge is 0.389 e. The maximum atomic E-state index is 9.84. The van der Waals surface area contributed by atoms with E-state index in [1.54, 1.807) is 18.3 Å². The van der Waals surface area contributed by atoms with E-state index in [0.717, 1.165) is 53.1 Å². The van der Waals surface area contributed by atoms with Crippen LogP contribution in [0.3, 0.4) is 0 Å². The third-order valence-electron chi connectivity index (χ3n) is 5.50. The lowest BCUT2D eigenvalue weighted by Crippen LogP contribution is -2.36. The van der Waals surface area contributed by atoms with Crippen LogP contribution in [-0.4, -0.2) is 33.0 Å². The fourth-order valence-electron chi connectivity index (χ4n) is 3.79. The fraction of sp³-hybridized carbons (Fsp3) is 0.308. The number of nitrogens with zero attached hydrogens (tertiary/aromatic N) is 3. The molecule has 32 heavy (non-hydrogen) atoms. The first kappa shape index (κ1) is 22.2. The number of aliphatic hydroxyl groups is 1. The van der Waals surface area contributed by atoms with Crippen LogP contribution < -0.4 is 5.32 Å². The molecule has 0 spiro atoms. The lowest BCUT2D eigenvalue weighted by molar-refractivity contribution is 0.234. The van der Waals surface area contributed by atoms with Crippen molar-refractivity contribution in [2.75, 3.05) is 0 Å². The zero-order valence-electron chi connectivity index (χ0n) is 18.8. The molecule has 0 fully saturated rings. The van der Waals surface area contributed by atoms with Crippen molar-refractivity contribution in [3.8, 4) is 0 Å². The van der Waals surface area contributed by atoms with E-state index in [1.165, 1.54) is 4.70 Å². The predicted octanol–water partition coefficient (Wildman–Crippen LogP) is 5.75. The van der Waals surface area contributed by atoms with Gasteiger partial charge in [-0.1, -0.05) is 49.8 Å². The Balaban J connectivity index is 1.71. The molecule has 2 heterocycles. The van der Waals surface area contributed by atoms with Gasteiger partial charge < -0.3 is 15.3 Å². The number of aliphatic imine (C=N–C) groups is 1. The quantitative estimate of drug-likeness (QED) is 0.593. The number of nitrogens with one attached hydrogen (secondary N) is 1. The summed E-state index contributed by atoms with van der Waals surface area (Å²) in [5, 5.41) is 13.4. The number of rotatable bonds is 6. The van der Waals surface area contributed by atoms with Crippen LogP contribution in [-0.2, 0) is 0 Å². The van der Waals surface area contributed by atoms with Crippen LogP contribution >= 0.6 is 11.3 Å². The summed E-state index contributed by atoms with van der Waals surface area (Å²) in [5.41, 5.74) is 6.96. The molecule has 1 aromatic carbocycles. The number of thiazole rings is 1. The van der Waals surface area contributed by atoms with Gasteiger partial charge in [0.1, 0.15) is 5.84 Å². The molecule has 1 aliphatic carbocycles. The monoisotopic (exact) mass is 446 g/mol. The number of benzene rings is 1. The van der Waals surface area contributed by atoms with Gasteiger partial charge >= 0.3 is 0 Å². The van der Waals surface area contributed by atoms with E-state index in [4.69, 9.17) is 4.99 Å². The molecule has 166 valence electrons. The van der Waals surface area contributed by atoms with Crippen LogP contribution in [0.4, 0.5) is 0 Å². The maximum Gasteiger partial charge on any atom is 0.150 e. The standard InChI is InChI=1S/C26H30N4OS/c1-4-6-7-24-26(28-21-11-8-19(9-12-21)18(3)31)29-23(16-30(24)14-5-2)20-10-13-25-22(15-20)27-17-32-25/h5,7-11,13-18,21,31H,4,6,12H2,1-3H3,(H,28,29)/b14-5-,24-7+. The Hall–Kier alpha value is -2.96. The highest BCUT2D eigenvalue weighted by Crippen LogP contribution is 2.27. The van der Waals surface area contributed by atoms with Crippen molar-refractivity contribution in [2.24, 2.45) is 4.99 Å². The van der Waals surface area contributed by atoms with Gasteiger partial charge in [0, 0.05) is 18.0 Å². The molecule has 2 aliphatic rings. The molecular formula is C26H30N4OS. The summed E-state index contributed by atoms with van der Waals surface area (Å²) in [6.45, 7) is 6.00. The molecule has 0 radical (unpaired) electrons. The average molecular weight is 447 g/mol. The smallest absolute Gasteiger partial charge is 0.150 e. The van der Waals surface area contributed by atoms with Crippen molar-refractivity contribution in [3.63, 3.8) is 0 Å². The molecule has 2 N–H and O–H groups in total. The highest BCUT2D eigenvalue weighted by molar-refractivity contribution is 7.16. The molecule has 1 aromatic heterocycles. The first-order valence-electron chi connectivity index (χ1n) is 11.2. The van der Waals surface area contributed by atoms with E-state index < -0.39 is 6.10 Å². The number of hydrogen-bond donors (Lipinski definition) is 2. The molecule has 1 aliphatic heterocycles. The third-order valence-corrected chi connectivity index (χ3v) is 6.31. The number of fused-ring (bicyclic) bond motifs is 1. The molecular weight excluding hydrogens is 416 g/mol. The molecule has 0 saturated carbocycles. The topological polar surface area (TPSA) is 60.8 Å². The Bertz CT molecular complexity index is 1150. The number of allylic oxidation sites excluding steroid dienone is 2. The van der Waals surface area contributed by atoms with Gasteiger partial charge in [-0.15, -0.1) is 11.3 Å². The van der Waals surface area contributed by atoms with Crippen molar-refractivity contribution in [3.05, 3.63) is 83.3 Å². The first-order chi connectivity index (χ1) is 15.6. The fourth-order valence-corrected chi connectivity index (χ4v) is 4.45. The van der Waals surface area contributed by atoms with Gasteiger partial charge in [0.05, 0.1) is 39.3 Å². The van der Waals surface area contributed by atoms with Gasteiger partial charge in [-0.3, -0.25) is 4.99 Å². The Morgan fingerprint density at radius 2 is 2.28 bits per heavy atom. The lowest BCUT2D eigenvalue weighted by atomic mass is 10.00. The number of aromatic nitrogens is 1. The lowest BCUT2D eigenvalue weighted by Gasteiger charge is -2.30. The molecule has 0 saturated heterocycles. The number of aliphatic hydroxyl groups excluding tert-OH is 1. The molecule has 2 unspecified atom stereocenters. The summed E-state index contributed by atoms with van der Waals surface area (Å²) in [6.07, 6.45) is 17.0. The van der Waals surface area contributed by atoms with Crippen molar-refractivity contribution in [1.29, 1.82) is 0 Å². The summed E-state index contributed by atoms with van der Waals surface area (Å²) < 4.78 is 1.18. The normalized spacial score (nSPS) is 22.5. The Morgan fingerprint density at radius 1 is 1.41 bits per heavy atom. The van der Waals surface area contributed by atoms with Gasteiger partial charge in [0.25, 0.3) is 0 Å². The SMILES string of the molecule is C/C=C\N1C=C(c2ccc3scnc3c2)NC(=NC2C=CC(C(C)O)=CC2)/C1=C\CCC. The second-order valence-electron chi connectivity index (χ2n) is 7.99. The minimum atomic E-state index is -0.451. The van der Waals surface area contributed by atoms with Gasteiger partial charge in [0.15, 0.2) is 0 Å². The van der Waals surface area contributed by atoms with Gasteiger partial charge in [-0.05, 0) is 44.4 Å². The Morgan fingerprint density at radius 3 is 3.00 bits per heavy atom. The average Bonchev–Trinajstić information content (AvgIpc) is 3.27. The zero-order chi connectivity index (χ0) is 22.5. The highest BCUT2D eigenvalue weighted by Gasteiger charge is 2.22. The predicted molar refractivity (Wildman–Crippen MR) is 135 cm³/mol. The van der Waals surface area contributed by atoms with E-state index in [2.05, 4.69) is 71.0 Å². The van der Waals surface area contributed by atoms with Crippen molar-refractivity contribution >= 4 is 33.1 Å². The Kier molecular flexibility index (Phi) is 7.02. The second kappa shape index (κ2) is 10.1. The zero-order valence-corrected chi connectivity index (χ0v) is 19.6. The number of hydrogen-bond acceptors (Lipinski definition) is 5. The summed E-state index contributed by atoms with van der Waals surface area (Å²) in [5.74, 6) is 0.857.